The normalized spacial score (nSPS) is 15.3. The van der Waals surface area contributed by atoms with Gasteiger partial charge in [0.05, 0.1) is 12.4 Å². The van der Waals surface area contributed by atoms with Gasteiger partial charge >= 0.3 is 10.1 Å². The number of nitrogens with zero attached hydrogens (tertiary/aromatic N) is 1. The first kappa shape index (κ1) is 19.7. The van der Waals surface area contributed by atoms with Crippen LogP contribution in [-0.4, -0.2) is 45.2 Å². The molecule has 0 N–H and O–H groups in total. The van der Waals surface area contributed by atoms with Crippen LogP contribution in [0.3, 0.4) is 0 Å². The summed E-state index contributed by atoms with van der Waals surface area (Å²) in [6.45, 7) is 2.94. The minimum Gasteiger partial charge on any atom is -0.383 e. The molecule has 1 saturated carbocycles. The van der Waals surface area contributed by atoms with Gasteiger partial charge in [0, 0.05) is 26.1 Å². The van der Waals surface area contributed by atoms with Crippen molar-refractivity contribution in [2.75, 3.05) is 26.0 Å². The average molecular weight is 369 g/mol. The molecule has 0 spiro atoms. The van der Waals surface area contributed by atoms with Gasteiger partial charge in [-0.05, 0) is 37.5 Å². The Hall–Kier alpha value is -1.60. The van der Waals surface area contributed by atoms with Crippen molar-refractivity contribution < 1.29 is 22.1 Å². The first-order valence-corrected chi connectivity index (χ1v) is 10.3. The lowest BCUT2D eigenvalue weighted by molar-refractivity contribution is -0.136. The second-order valence-electron chi connectivity index (χ2n) is 6.31. The van der Waals surface area contributed by atoms with Gasteiger partial charge in [-0.25, -0.2) is 0 Å². The number of hydrogen-bond donors (Lipinski definition) is 0. The maximum Gasteiger partial charge on any atom is 0.308 e. The number of hydrogen-bond acceptors (Lipinski definition) is 5. The highest BCUT2D eigenvalue weighted by atomic mass is 32.2. The van der Waals surface area contributed by atoms with Crippen molar-refractivity contribution in [1.29, 1.82) is 0 Å². The van der Waals surface area contributed by atoms with Crippen LogP contribution in [0.15, 0.2) is 24.3 Å². The molecule has 1 aromatic rings. The molecule has 1 fully saturated rings. The van der Waals surface area contributed by atoms with E-state index in [9.17, 15) is 13.2 Å². The molecule has 0 radical (unpaired) electrons. The molecule has 0 bridgehead atoms. The van der Waals surface area contributed by atoms with Gasteiger partial charge in [-0.15, -0.1) is 0 Å². The third kappa shape index (κ3) is 6.01. The van der Waals surface area contributed by atoms with Crippen LogP contribution in [-0.2, 0) is 26.2 Å². The quantitative estimate of drug-likeness (QED) is 0.626. The third-order valence-corrected chi connectivity index (χ3v) is 5.58. The molecule has 7 heteroatoms. The first-order valence-electron chi connectivity index (χ1n) is 8.74. The van der Waals surface area contributed by atoms with E-state index in [0.29, 0.717) is 19.7 Å². The van der Waals surface area contributed by atoms with E-state index in [4.69, 9.17) is 8.92 Å². The number of carbonyl (C=O) groups is 1. The second kappa shape index (κ2) is 9.20. The van der Waals surface area contributed by atoms with Crippen LogP contribution in [0.1, 0.15) is 38.2 Å². The van der Waals surface area contributed by atoms with Crippen molar-refractivity contribution in [2.24, 2.45) is 5.92 Å². The van der Waals surface area contributed by atoms with Crippen LogP contribution in [0.2, 0.25) is 0 Å². The average Bonchev–Trinajstić information content (AvgIpc) is 3.12. The van der Waals surface area contributed by atoms with E-state index in [1.165, 1.54) is 6.92 Å². The third-order valence-electron chi connectivity index (χ3n) is 4.43. The fraction of sp³-hybridized carbons (Fsp3) is 0.611. The summed E-state index contributed by atoms with van der Waals surface area (Å²) < 4.78 is 33.4. The van der Waals surface area contributed by atoms with E-state index >= 15 is 0 Å². The fourth-order valence-electron chi connectivity index (χ4n) is 3.02. The number of methoxy groups -OCH3 is 1. The summed E-state index contributed by atoms with van der Waals surface area (Å²) in [4.78, 5) is 14.6. The summed E-state index contributed by atoms with van der Waals surface area (Å²) in [6, 6.07) is 6.89. The van der Waals surface area contributed by atoms with Crippen molar-refractivity contribution in [3.8, 4) is 5.75 Å². The predicted octanol–water partition coefficient (Wildman–Crippen LogP) is 2.58. The van der Waals surface area contributed by atoms with Gasteiger partial charge in [0.25, 0.3) is 0 Å². The first-order chi connectivity index (χ1) is 11.9. The zero-order valence-electron chi connectivity index (χ0n) is 14.9. The van der Waals surface area contributed by atoms with E-state index in [-0.39, 0.29) is 23.3 Å². The van der Waals surface area contributed by atoms with Crippen LogP contribution in [0.5, 0.6) is 5.75 Å². The molecule has 0 unspecified atom stereocenters. The predicted molar refractivity (Wildman–Crippen MR) is 95.8 cm³/mol. The van der Waals surface area contributed by atoms with Gasteiger partial charge in [-0.2, -0.15) is 8.42 Å². The number of benzene rings is 1. The van der Waals surface area contributed by atoms with Crippen LogP contribution >= 0.6 is 0 Å². The van der Waals surface area contributed by atoms with Gasteiger partial charge in [0.2, 0.25) is 5.91 Å². The standard InChI is InChI=1S/C18H27NO5S/c1-3-25(21,22)24-17-10-6-7-15(13-17)14-19(11-12-23-2)18(20)16-8-4-5-9-16/h6-7,10,13,16H,3-5,8-9,11-12,14H2,1-2H3. The second-order valence-corrected chi connectivity index (χ2v) is 8.17. The topological polar surface area (TPSA) is 72.9 Å². The van der Waals surface area contributed by atoms with Crippen molar-refractivity contribution in [3.63, 3.8) is 0 Å². The summed E-state index contributed by atoms with van der Waals surface area (Å²) in [6.07, 6.45) is 4.10. The van der Waals surface area contributed by atoms with Gasteiger partial charge in [0.1, 0.15) is 5.75 Å². The Balaban J connectivity index is 2.10. The van der Waals surface area contributed by atoms with Crippen molar-refractivity contribution in [3.05, 3.63) is 29.8 Å². The highest BCUT2D eigenvalue weighted by Crippen LogP contribution is 2.27. The van der Waals surface area contributed by atoms with E-state index in [2.05, 4.69) is 0 Å². The Bertz CT molecular complexity index is 668. The highest BCUT2D eigenvalue weighted by molar-refractivity contribution is 7.87. The van der Waals surface area contributed by atoms with E-state index in [1.807, 2.05) is 6.07 Å². The molecule has 0 atom stereocenters. The van der Waals surface area contributed by atoms with Crippen LogP contribution < -0.4 is 4.18 Å². The molecular formula is C18H27NO5S. The lowest BCUT2D eigenvalue weighted by Gasteiger charge is -2.25. The maximum atomic E-state index is 12.8. The van der Waals surface area contributed by atoms with Gasteiger partial charge in [-0.1, -0.05) is 25.0 Å². The molecule has 6 nitrogen and oxygen atoms in total. The Kier molecular flexibility index (Phi) is 7.25. The Morgan fingerprint density at radius 1 is 1.28 bits per heavy atom. The number of ether oxygens (including phenoxy) is 1. The van der Waals surface area contributed by atoms with Crippen molar-refractivity contribution in [1.82, 2.24) is 4.90 Å². The molecule has 0 aromatic heterocycles. The summed E-state index contributed by atoms with van der Waals surface area (Å²) >= 11 is 0. The number of carbonyl (C=O) groups excluding carboxylic acids is 1. The fourth-order valence-corrected chi connectivity index (χ4v) is 3.54. The molecule has 1 aliphatic carbocycles. The van der Waals surface area contributed by atoms with E-state index in [1.54, 1.807) is 30.2 Å². The lowest BCUT2D eigenvalue weighted by Crippen LogP contribution is -2.37. The molecule has 1 aromatic carbocycles. The molecule has 0 aliphatic heterocycles. The molecule has 0 heterocycles. The SMILES string of the molecule is CCS(=O)(=O)Oc1cccc(CN(CCOC)C(=O)C2CCCC2)c1. The number of rotatable bonds is 9. The Morgan fingerprint density at radius 2 is 2.00 bits per heavy atom. The number of amides is 1. The van der Waals surface area contributed by atoms with Crippen LogP contribution in [0.25, 0.3) is 0 Å². The van der Waals surface area contributed by atoms with Crippen LogP contribution in [0, 0.1) is 5.92 Å². The minimum absolute atomic E-state index is 0.0860. The Labute approximate surface area is 150 Å². The highest BCUT2D eigenvalue weighted by Gasteiger charge is 2.27. The molecule has 2 rings (SSSR count). The molecule has 1 amide bonds. The van der Waals surface area contributed by atoms with Crippen molar-refractivity contribution >= 4 is 16.0 Å². The minimum atomic E-state index is -3.56. The molecule has 140 valence electrons. The van der Waals surface area contributed by atoms with E-state index in [0.717, 1.165) is 31.2 Å². The summed E-state index contributed by atoms with van der Waals surface area (Å²) in [5.41, 5.74) is 0.839. The molecular weight excluding hydrogens is 342 g/mol. The van der Waals surface area contributed by atoms with E-state index < -0.39 is 10.1 Å². The summed E-state index contributed by atoms with van der Waals surface area (Å²) in [7, 11) is -1.95. The molecule has 1 aliphatic rings. The maximum absolute atomic E-state index is 12.8. The zero-order valence-corrected chi connectivity index (χ0v) is 15.8. The largest absolute Gasteiger partial charge is 0.383 e. The summed E-state index contributed by atoms with van der Waals surface area (Å²) in [5.74, 6) is 0.440. The molecule has 25 heavy (non-hydrogen) atoms. The smallest absolute Gasteiger partial charge is 0.308 e. The lowest BCUT2D eigenvalue weighted by atomic mass is 10.1. The summed E-state index contributed by atoms with van der Waals surface area (Å²) in [5, 5.41) is 0. The van der Waals surface area contributed by atoms with Gasteiger partial charge in [0.15, 0.2) is 0 Å². The van der Waals surface area contributed by atoms with Crippen molar-refractivity contribution in [2.45, 2.75) is 39.2 Å². The van der Waals surface area contributed by atoms with Gasteiger partial charge < -0.3 is 13.8 Å². The van der Waals surface area contributed by atoms with Crippen LogP contribution in [0.4, 0.5) is 0 Å². The molecule has 0 saturated heterocycles. The van der Waals surface area contributed by atoms with Gasteiger partial charge in [-0.3, -0.25) is 4.79 Å². The zero-order chi connectivity index (χ0) is 18.3. The monoisotopic (exact) mass is 369 g/mol. The Morgan fingerprint density at radius 3 is 2.64 bits per heavy atom.